The van der Waals surface area contributed by atoms with Crippen LogP contribution in [0.2, 0.25) is 0 Å². The number of aryl methyl sites for hydroxylation is 1. The van der Waals surface area contributed by atoms with Crippen molar-refractivity contribution in [3.63, 3.8) is 0 Å². The molecule has 0 saturated carbocycles. The number of hydrogen-bond donors (Lipinski definition) is 1. The Bertz CT molecular complexity index is 542. The molecule has 0 fully saturated rings. The van der Waals surface area contributed by atoms with E-state index in [1.807, 2.05) is 24.4 Å². The summed E-state index contributed by atoms with van der Waals surface area (Å²) in [6.07, 6.45) is 3.60. The van der Waals surface area contributed by atoms with E-state index in [0.717, 1.165) is 23.7 Å². The average molecular weight is 257 g/mol. The highest BCUT2D eigenvalue weighted by Crippen LogP contribution is 2.26. The van der Waals surface area contributed by atoms with Crippen molar-refractivity contribution in [2.24, 2.45) is 0 Å². The summed E-state index contributed by atoms with van der Waals surface area (Å²) < 4.78 is 5.39. The zero-order valence-corrected chi connectivity index (χ0v) is 11.6. The van der Waals surface area contributed by atoms with Crippen LogP contribution in [0.25, 0.3) is 0 Å². The maximum absolute atomic E-state index is 5.39. The lowest BCUT2D eigenvalue weighted by Crippen LogP contribution is -2.24. The summed E-state index contributed by atoms with van der Waals surface area (Å²) in [5.41, 5.74) is 3.01. The van der Waals surface area contributed by atoms with Crippen molar-refractivity contribution in [1.29, 1.82) is 0 Å². The smallest absolute Gasteiger partial charge is 0.142 e. The molecule has 100 valence electrons. The van der Waals surface area contributed by atoms with Gasteiger partial charge in [-0.05, 0) is 43.3 Å². The van der Waals surface area contributed by atoms with Crippen LogP contribution in [0.3, 0.4) is 0 Å². The normalized spacial score (nSPS) is 12.2. The largest absolute Gasteiger partial charge is 0.495 e. The first kappa shape index (κ1) is 13.5. The summed E-state index contributed by atoms with van der Waals surface area (Å²) >= 11 is 0. The molecule has 1 N–H and O–H groups in total. The predicted octanol–water partition coefficient (Wildman–Crippen LogP) is 2.49. The number of rotatable bonds is 5. The molecular weight excluding hydrogens is 238 g/mol. The van der Waals surface area contributed by atoms with Crippen LogP contribution in [-0.4, -0.2) is 23.6 Å². The van der Waals surface area contributed by atoms with Gasteiger partial charge in [0.2, 0.25) is 0 Å². The molecule has 4 nitrogen and oxygen atoms in total. The fourth-order valence-electron chi connectivity index (χ4n) is 2.06. The maximum Gasteiger partial charge on any atom is 0.142 e. The van der Waals surface area contributed by atoms with Crippen LogP contribution in [0.1, 0.15) is 29.9 Å². The molecule has 0 spiro atoms. The quantitative estimate of drug-likeness (QED) is 0.894. The number of methoxy groups -OCH3 is 1. The van der Waals surface area contributed by atoms with Crippen molar-refractivity contribution in [1.82, 2.24) is 15.3 Å². The van der Waals surface area contributed by atoms with Crippen LogP contribution < -0.4 is 10.1 Å². The minimum absolute atomic E-state index is 0.0546. The Labute approximate surface area is 113 Å². The monoisotopic (exact) mass is 257 g/mol. The van der Waals surface area contributed by atoms with Gasteiger partial charge < -0.3 is 10.1 Å². The first-order chi connectivity index (χ1) is 9.26. The van der Waals surface area contributed by atoms with E-state index in [9.17, 15) is 0 Å². The first-order valence-corrected chi connectivity index (χ1v) is 6.41. The van der Waals surface area contributed by atoms with Gasteiger partial charge in [-0.15, -0.1) is 0 Å². The number of hydrogen-bond acceptors (Lipinski definition) is 4. The van der Waals surface area contributed by atoms with Crippen molar-refractivity contribution in [3.8, 4) is 5.75 Å². The first-order valence-electron chi connectivity index (χ1n) is 6.41. The standard InChI is InChI=1S/C15H19N3O/c1-4-16-14(12-10-11(2)7-9-17-12)15-13(19-3)6-5-8-18-15/h5-10,14,16H,4H2,1-3H3. The van der Waals surface area contributed by atoms with Crippen molar-refractivity contribution >= 4 is 0 Å². The Hall–Kier alpha value is -1.94. The molecule has 0 aliphatic rings. The van der Waals surface area contributed by atoms with E-state index in [1.54, 1.807) is 13.3 Å². The van der Waals surface area contributed by atoms with Crippen molar-refractivity contribution in [2.45, 2.75) is 19.9 Å². The highest BCUT2D eigenvalue weighted by molar-refractivity contribution is 5.35. The third-order valence-corrected chi connectivity index (χ3v) is 2.93. The Balaban J connectivity index is 2.45. The minimum atomic E-state index is -0.0546. The van der Waals surface area contributed by atoms with Crippen LogP contribution in [0.15, 0.2) is 36.7 Å². The van der Waals surface area contributed by atoms with E-state index in [1.165, 1.54) is 5.56 Å². The van der Waals surface area contributed by atoms with Gasteiger partial charge in [0.05, 0.1) is 18.8 Å². The van der Waals surface area contributed by atoms with Gasteiger partial charge in [-0.25, -0.2) is 0 Å². The molecule has 2 aromatic heterocycles. The Morgan fingerprint density at radius 2 is 2.11 bits per heavy atom. The summed E-state index contributed by atoms with van der Waals surface area (Å²) in [6.45, 7) is 4.96. The predicted molar refractivity (Wildman–Crippen MR) is 75.3 cm³/mol. The molecular formula is C15H19N3O. The number of nitrogens with one attached hydrogen (secondary N) is 1. The van der Waals surface area contributed by atoms with E-state index in [0.29, 0.717) is 0 Å². The van der Waals surface area contributed by atoms with Crippen LogP contribution in [0.4, 0.5) is 0 Å². The van der Waals surface area contributed by atoms with Gasteiger partial charge in [0, 0.05) is 12.4 Å². The Morgan fingerprint density at radius 1 is 1.26 bits per heavy atom. The summed E-state index contributed by atoms with van der Waals surface area (Å²) in [5.74, 6) is 0.775. The molecule has 0 saturated heterocycles. The summed E-state index contributed by atoms with van der Waals surface area (Å²) in [6, 6.07) is 7.79. The van der Waals surface area contributed by atoms with Gasteiger partial charge in [-0.2, -0.15) is 0 Å². The molecule has 2 aromatic rings. The fourth-order valence-corrected chi connectivity index (χ4v) is 2.06. The van der Waals surface area contributed by atoms with Gasteiger partial charge in [0.1, 0.15) is 11.4 Å². The SMILES string of the molecule is CCNC(c1cc(C)ccn1)c1ncccc1OC. The van der Waals surface area contributed by atoms with E-state index in [4.69, 9.17) is 4.74 Å². The zero-order valence-electron chi connectivity index (χ0n) is 11.6. The number of ether oxygens (including phenoxy) is 1. The second kappa shape index (κ2) is 6.29. The second-order valence-electron chi connectivity index (χ2n) is 4.34. The van der Waals surface area contributed by atoms with Crippen LogP contribution in [0, 0.1) is 6.92 Å². The summed E-state index contributed by atoms with van der Waals surface area (Å²) in [7, 11) is 1.66. The van der Waals surface area contributed by atoms with Gasteiger partial charge in [-0.1, -0.05) is 6.92 Å². The Morgan fingerprint density at radius 3 is 2.79 bits per heavy atom. The second-order valence-corrected chi connectivity index (χ2v) is 4.34. The van der Waals surface area contributed by atoms with Crippen molar-refractivity contribution in [2.75, 3.05) is 13.7 Å². The molecule has 0 aromatic carbocycles. The van der Waals surface area contributed by atoms with Gasteiger partial charge >= 0.3 is 0 Å². The molecule has 0 aliphatic carbocycles. The molecule has 2 heterocycles. The molecule has 19 heavy (non-hydrogen) atoms. The molecule has 4 heteroatoms. The van der Waals surface area contributed by atoms with E-state index in [-0.39, 0.29) is 6.04 Å². The molecule has 1 atom stereocenters. The maximum atomic E-state index is 5.39. The lowest BCUT2D eigenvalue weighted by Gasteiger charge is -2.19. The summed E-state index contributed by atoms with van der Waals surface area (Å²) in [5, 5.41) is 3.41. The zero-order chi connectivity index (χ0) is 13.7. The molecule has 0 bridgehead atoms. The van der Waals surface area contributed by atoms with E-state index < -0.39 is 0 Å². The van der Waals surface area contributed by atoms with Gasteiger partial charge in [0.25, 0.3) is 0 Å². The Kier molecular flexibility index (Phi) is 4.47. The van der Waals surface area contributed by atoms with E-state index in [2.05, 4.69) is 35.2 Å². The molecule has 2 rings (SSSR count). The van der Waals surface area contributed by atoms with Crippen LogP contribution in [-0.2, 0) is 0 Å². The molecule has 0 aliphatic heterocycles. The average Bonchev–Trinajstić information content (AvgIpc) is 2.45. The fraction of sp³-hybridized carbons (Fsp3) is 0.333. The molecule has 0 radical (unpaired) electrons. The van der Waals surface area contributed by atoms with E-state index >= 15 is 0 Å². The molecule has 1 unspecified atom stereocenters. The third-order valence-electron chi connectivity index (χ3n) is 2.93. The molecule has 0 amide bonds. The van der Waals surface area contributed by atoms with Gasteiger partial charge in [0.15, 0.2) is 0 Å². The highest BCUT2D eigenvalue weighted by atomic mass is 16.5. The topological polar surface area (TPSA) is 47.0 Å². The lowest BCUT2D eigenvalue weighted by atomic mass is 10.1. The van der Waals surface area contributed by atoms with Gasteiger partial charge in [-0.3, -0.25) is 9.97 Å². The van der Waals surface area contributed by atoms with Crippen molar-refractivity contribution < 1.29 is 4.74 Å². The number of aromatic nitrogens is 2. The van der Waals surface area contributed by atoms with Crippen LogP contribution >= 0.6 is 0 Å². The summed E-state index contributed by atoms with van der Waals surface area (Å²) in [4.78, 5) is 8.90. The van der Waals surface area contributed by atoms with Crippen molar-refractivity contribution in [3.05, 3.63) is 53.6 Å². The van der Waals surface area contributed by atoms with Crippen LogP contribution in [0.5, 0.6) is 5.75 Å². The highest BCUT2D eigenvalue weighted by Gasteiger charge is 2.19. The third kappa shape index (κ3) is 3.09. The number of pyridine rings is 2. The lowest BCUT2D eigenvalue weighted by molar-refractivity contribution is 0.399. The number of nitrogens with zero attached hydrogens (tertiary/aromatic N) is 2. The minimum Gasteiger partial charge on any atom is -0.495 e.